The van der Waals surface area contributed by atoms with Gasteiger partial charge in [-0.25, -0.2) is 18.4 Å². The predicted molar refractivity (Wildman–Crippen MR) is 148 cm³/mol. The maximum Gasteiger partial charge on any atom is 0.416 e. The number of nitrogens with one attached hydrogen (secondary N) is 1. The van der Waals surface area contributed by atoms with Gasteiger partial charge in [0.2, 0.25) is 5.95 Å². The van der Waals surface area contributed by atoms with Crippen molar-refractivity contribution in [1.82, 2.24) is 15.3 Å². The molecular weight excluding hydrogens is 571 g/mol. The van der Waals surface area contributed by atoms with Gasteiger partial charge in [0, 0.05) is 37.3 Å². The molecule has 4 rings (SSSR count). The summed E-state index contributed by atoms with van der Waals surface area (Å²) in [7, 11) is -3.39. The van der Waals surface area contributed by atoms with E-state index in [4.69, 9.17) is 5.26 Å². The Morgan fingerprint density at radius 3 is 2.33 bits per heavy atom. The van der Waals surface area contributed by atoms with Crippen LogP contribution in [0.1, 0.15) is 65.2 Å². The average Bonchev–Trinajstić information content (AvgIpc) is 3.42. The smallest absolute Gasteiger partial charge is 0.394 e. The number of aliphatic hydroxyl groups is 1. The molecule has 222 valence electrons. The molecule has 9 nitrogen and oxygen atoms in total. The van der Waals surface area contributed by atoms with Gasteiger partial charge in [-0.1, -0.05) is 31.2 Å². The standard InChI is InChI=1S/C29H30F3N5O4S/c1-2-42(40,41)25-11-7-20(8-12-25)26(18-38)36-27(39)22-15-34-28(35-16-22)37-17-21(14-24(37)4-3-13-33)19-5-9-23(10-6-19)29(30,31)32/h5-12,15-16,21,24,26,38H,2-4,14,17-18H2,1H3,(H,36,39)/t21?,24-,26+/m1/s1. The third kappa shape index (κ3) is 7.06. The molecule has 0 saturated carbocycles. The molecule has 42 heavy (non-hydrogen) atoms. The molecule has 1 unspecified atom stereocenters. The zero-order valence-electron chi connectivity index (χ0n) is 22.8. The number of benzene rings is 2. The van der Waals surface area contributed by atoms with Crippen molar-refractivity contribution in [2.24, 2.45) is 0 Å². The Hall–Kier alpha value is -4.02. The van der Waals surface area contributed by atoms with E-state index in [9.17, 15) is 31.5 Å². The van der Waals surface area contributed by atoms with E-state index in [1.807, 2.05) is 4.90 Å². The number of hydrogen-bond acceptors (Lipinski definition) is 8. The van der Waals surface area contributed by atoms with Crippen LogP contribution in [0, 0.1) is 11.3 Å². The zero-order chi connectivity index (χ0) is 30.5. The molecule has 13 heteroatoms. The molecule has 1 aliphatic rings. The van der Waals surface area contributed by atoms with Crippen LogP contribution in [0.5, 0.6) is 0 Å². The van der Waals surface area contributed by atoms with Crippen LogP contribution in [-0.4, -0.2) is 54.3 Å². The van der Waals surface area contributed by atoms with Crippen LogP contribution >= 0.6 is 0 Å². The first kappa shape index (κ1) is 30.9. The lowest BCUT2D eigenvalue weighted by Gasteiger charge is -2.24. The lowest BCUT2D eigenvalue weighted by molar-refractivity contribution is -0.137. The SMILES string of the molecule is CCS(=O)(=O)c1ccc([C@H](CO)NC(=O)c2cnc(N3CC(c4ccc(C(F)(F)F)cc4)C[C@H]3CCC#N)nc2)cc1. The number of sulfone groups is 1. The summed E-state index contributed by atoms with van der Waals surface area (Å²) < 4.78 is 63.1. The van der Waals surface area contributed by atoms with Crippen molar-refractivity contribution in [3.8, 4) is 6.07 Å². The van der Waals surface area contributed by atoms with Gasteiger partial charge in [0.25, 0.3) is 5.91 Å². The van der Waals surface area contributed by atoms with Crippen molar-refractivity contribution in [1.29, 1.82) is 5.26 Å². The molecule has 1 fully saturated rings. The van der Waals surface area contributed by atoms with E-state index in [2.05, 4.69) is 21.4 Å². The molecule has 0 bridgehead atoms. The van der Waals surface area contributed by atoms with Crippen molar-refractivity contribution in [2.75, 3.05) is 23.8 Å². The van der Waals surface area contributed by atoms with Crippen LogP contribution in [0.15, 0.2) is 65.8 Å². The Morgan fingerprint density at radius 2 is 1.79 bits per heavy atom. The van der Waals surface area contributed by atoms with Crippen LogP contribution < -0.4 is 10.2 Å². The molecule has 1 saturated heterocycles. The number of amides is 1. The number of aromatic nitrogens is 2. The Kier molecular flexibility index (Phi) is 9.48. The Morgan fingerprint density at radius 1 is 1.14 bits per heavy atom. The van der Waals surface area contributed by atoms with E-state index in [1.54, 1.807) is 6.92 Å². The van der Waals surface area contributed by atoms with Crippen LogP contribution in [0.3, 0.4) is 0 Å². The molecule has 0 radical (unpaired) electrons. The predicted octanol–water partition coefficient (Wildman–Crippen LogP) is 4.42. The van der Waals surface area contributed by atoms with Crippen LogP contribution in [0.2, 0.25) is 0 Å². The fraction of sp³-hybridized carbons (Fsp3) is 0.379. The second kappa shape index (κ2) is 12.9. The van der Waals surface area contributed by atoms with Gasteiger partial charge in [0.05, 0.1) is 40.5 Å². The first-order valence-electron chi connectivity index (χ1n) is 13.3. The fourth-order valence-electron chi connectivity index (χ4n) is 4.99. The molecule has 1 aliphatic heterocycles. The summed E-state index contributed by atoms with van der Waals surface area (Å²) in [6.07, 6.45) is -0.317. The van der Waals surface area contributed by atoms with E-state index in [1.165, 1.54) is 48.8 Å². The highest BCUT2D eigenvalue weighted by Gasteiger charge is 2.35. The second-order valence-corrected chi connectivity index (χ2v) is 12.3. The third-order valence-corrected chi connectivity index (χ3v) is 9.13. The summed E-state index contributed by atoms with van der Waals surface area (Å²) >= 11 is 0. The maximum absolute atomic E-state index is 13.0. The van der Waals surface area contributed by atoms with Gasteiger partial charge >= 0.3 is 6.18 Å². The highest BCUT2D eigenvalue weighted by molar-refractivity contribution is 7.91. The second-order valence-electron chi connectivity index (χ2n) is 10.0. The van der Waals surface area contributed by atoms with Crippen molar-refractivity contribution in [3.05, 3.63) is 83.2 Å². The Bertz CT molecular complexity index is 1520. The first-order chi connectivity index (χ1) is 20.0. The summed E-state index contributed by atoms with van der Waals surface area (Å²) in [4.78, 5) is 23.7. The lowest BCUT2D eigenvalue weighted by Crippen LogP contribution is -2.32. The monoisotopic (exact) mass is 601 g/mol. The molecule has 1 aromatic heterocycles. The molecule has 2 N–H and O–H groups in total. The number of alkyl halides is 3. The summed E-state index contributed by atoms with van der Waals surface area (Å²) in [6, 6.07) is 12.2. The van der Waals surface area contributed by atoms with E-state index >= 15 is 0 Å². The van der Waals surface area contributed by atoms with E-state index in [0.717, 1.165) is 17.7 Å². The molecule has 3 aromatic rings. The number of halogens is 3. The van der Waals surface area contributed by atoms with Gasteiger partial charge in [-0.05, 0) is 48.2 Å². The summed E-state index contributed by atoms with van der Waals surface area (Å²) in [5, 5.41) is 21.7. The van der Waals surface area contributed by atoms with E-state index < -0.39 is 40.1 Å². The molecule has 3 atom stereocenters. The van der Waals surface area contributed by atoms with Gasteiger partial charge in [-0.15, -0.1) is 0 Å². The fourth-order valence-corrected chi connectivity index (χ4v) is 5.87. The number of rotatable bonds is 10. The molecule has 1 amide bonds. The first-order valence-corrected chi connectivity index (χ1v) is 15.0. The average molecular weight is 602 g/mol. The molecule has 0 aliphatic carbocycles. The van der Waals surface area contributed by atoms with Crippen LogP contribution in [0.4, 0.5) is 19.1 Å². The molecule has 2 aromatic carbocycles. The number of anilines is 1. The van der Waals surface area contributed by atoms with Gasteiger partial charge in [0.1, 0.15) is 0 Å². The van der Waals surface area contributed by atoms with Crippen LogP contribution in [-0.2, 0) is 16.0 Å². The highest BCUT2D eigenvalue weighted by Crippen LogP contribution is 2.37. The maximum atomic E-state index is 13.0. The molecular formula is C29H30F3N5O4S. The van der Waals surface area contributed by atoms with Crippen molar-refractivity contribution in [2.45, 2.75) is 55.3 Å². The Labute approximate surface area is 242 Å². The van der Waals surface area contributed by atoms with Crippen molar-refractivity contribution < 1.29 is 31.5 Å². The number of carbonyl (C=O) groups excluding carboxylic acids is 1. The molecule has 0 spiro atoms. The topological polar surface area (TPSA) is 136 Å². The third-order valence-electron chi connectivity index (χ3n) is 7.38. The number of nitrogens with zero attached hydrogens (tertiary/aromatic N) is 4. The number of hydrogen-bond donors (Lipinski definition) is 2. The number of carbonyl (C=O) groups is 1. The van der Waals surface area contributed by atoms with E-state index in [-0.39, 0.29) is 34.6 Å². The van der Waals surface area contributed by atoms with Crippen molar-refractivity contribution in [3.63, 3.8) is 0 Å². The Balaban J connectivity index is 1.46. The minimum atomic E-state index is -4.42. The summed E-state index contributed by atoms with van der Waals surface area (Å²) in [5.41, 5.74) is 0.683. The summed E-state index contributed by atoms with van der Waals surface area (Å²) in [5.74, 6) is -0.354. The van der Waals surface area contributed by atoms with Gasteiger partial charge in [0.15, 0.2) is 9.84 Å². The van der Waals surface area contributed by atoms with Crippen LogP contribution in [0.25, 0.3) is 0 Å². The van der Waals surface area contributed by atoms with Gasteiger partial charge < -0.3 is 15.3 Å². The number of aliphatic hydroxyl groups excluding tert-OH is 1. The largest absolute Gasteiger partial charge is 0.416 e. The van der Waals surface area contributed by atoms with Crippen molar-refractivity contribution >= 4 is 21.7 Å². The summed E-state index contributed by atoms with van der Waals surface area (Å²) in [6.45, 7) is 1.55. The normalized spacial score (nSPS) is 18.0. The zero-order valence-corrected chi connectivity index (χ0v) is 23.6. The molecule has 2 heterocycles. The number of nitriles is 1. The quantitative estimate of drug-likeness (QED) is 0.349. The van der Waals surface area contributed by atoms with Gasteiger partial charge in [-0.2, -0.15) is 18.4 Å². The lowest BCUT2D eigenvalue weighted by atomic mass is 9.94. The van der Waals surface area contributed by atoms with E-state index in [0.29, 0.717) is 30.9 Å². The van der Waals surface area contributed by atoms with Gasteiger partial charge in [-0.3, -0.25) is 4.79 Å². The minimum absolute atomic E-state index is 0.0469. The minimum Gasteiger partial charge on any atom is -0.394 e. The highest BCUT2D eigenvalue weighted by atomic mass is 32.2.